The summed E-state index contributed by atoms with van der Waals surface area (Å²) in [5.74, 6) is -0.662. The van der Waals surface area contributed by atoms with Gasteiger partial charge in [-0.2, -0.15) is 10.2 Å². The van der Waals surface area contributed by atoms with Crippen LogP contribution < -0.4 is 5.32 Å². The van der Waals surface area contributed by atoms with Crippen LogP contribution in [0.5, 0.6) is 0 Å². The van der Waals surface area contributed by atoms with Gasteiger partial charge in [0.25, 0.3) is 0 Å². The number of aromatic nitrogens is 4. The van der Waals surface area contributed by atoms with E-state index in [1.807, 2.05) is 25.5 Å². The molecule has 1 amide bonds. The lowest BCUT2D eigenvalue weighted by molar-refractivity contribution is -0.111. The van der Waals surface area contributed by atoms with E-state index in [1.165, 1.54) is 12.1 Å². The smallest absolute Gasteiger partial charge is 0.248 e. The maximum atomic E-state index is 14.1. The Hall–Kier alpha value is -2.93. The number of anilines is 1. The molecular weight excluding hydrogens is 393 g/mol. The second-order valence-electron chi connectivity index (χ2n) is 6.73. The average Bonchev–Trinajstić information content (AvgIpc) is 3.17. The van der Waals surface area contributed by atoms with Crippen LogP contribution in [0.3, 0.4) is 0 Å². The summed E-state index contributed by atoms with van der Waals surface area (Å²) < 4.78 is 17.6. The lowest BCUT2D eigenvalue weighted by atomic mass is 10.2. The van der Waals surface area contributed by atoms with Crippen LogP contribution in [0.25, 0.3) is 6.08 Å². The number of amides is 1. The van der Waals surface area contributed by atoms with Gasteiger partial charge >= 0.3 is 0 Å². The van der Waals surface area contributed by atoms with Gasteiger partial charge in [-0.3, -0.25) is 14.2 Å². The van der Waals surface area contributed by atoms with Gasteiger partial charge in [-0.1, -0.05) is 17.7 Å². The van der Waals surface area contributed by atoms with Crippen molar-refractivity contribution in [3.05, 3.63) is 69.5 Å². The molecule has 8 heteroatoms. The van der Waals surface area contributed by atoms with Crippen molar-refractivity contribution in [2.45, 2.75) is 40.8 Å². The van der Waals surface area contributed by atoms with Gasteiger partial charge in [0.15, 0.2) is 0 Å². The fraction of sp³-hybridized carbons (Fsp3) is 0.286. The summed E-state index contributed by atoms with van der Waals surface area (Å²) in [7, 11) is 0. The first-order valence-electron chi connectivity index (χ1n) is 9.30. The fourth-order valence-electron chi connectivity index (χ4n) is 3.14. The van der Waals surface area contributed by atoms with Crippen LogP contribution in [0.1, 0.15) is 35.1 Å². The lowest BCUT2D eigenvalue weighted by Gasteiger charge is -2.08. The number of hydrogen-bond donors (Lipinski definition) is 1. The minimum absolute atomic E-state index is 0.180. The monoisotopic (exact) mass is 415 g/mol. The van der Waals surface area contributed by atoms with Crippen molar-refractivity contribution in [3.8, 4) is 0 Å². The first kappa shape index (κ1) is 20.8. The van der Waals surface area contributed by atoms with E-state index in [9.17, 15) is 9.18 Å². The highest BCUT2D eigenvalue weighted by Crippen LogP contribution is 2.24. The zero-order valence-electron chi connectivity index (χ0n) is 16.8. The van der Waals surface area contributed by atoms with Gasteiger partial charge < -0.3 is 5.32 Å². The van der Waals surface area contributed by atoms with Crippen molar-refractivity contribution < 1.29 is 9.18 Å². The summed E-state index contributed by atoms with van der Waals surface area (Å²) in [4.78, 5) is 12.4. The number of rotatable bonds is 6. The Kier molecular flexibility index (Phi) is 6.17. The molecule has 0 radical (unpaired) electrons. The minimum Gasteiger partial charge on any atom is -0.319 e. The maximum absolute atomic E-state index is 14.1. The Morgan fingerprint density at radius 1 is 1.24 bits per heavy atom. The molecule has 3 aromatic rings. The van der Waals surface area contributed by atoms with E-state index in [0.717, 1.165) is 23.5 Å². The number of nitrogens with zero attached hydrogens (tertiary/aromatic N) is 4. The Morgan fingerprint density at radius 2 is 2.00 bits per heavy atom. The van der Waals surface area contributed by atoms with Crippen molar-refractivity contribution >= 4 is 29.3 Å². The molecule has 29 heavy (non-hydrogen) atoms. The predicted molar refractivity (Wildman–Crippen MR) is 113 cm³/mol. The molecule has 0 aliphatic carbocycles. The molecule has 2 heterocycles. The van der Waals surface area contributed by atoms with E-state index in [4.69, 9.17) is 11.6 Å². The Bertz CT molecular complexity index is 1060. The summed E-state index contributed by atoms with van der Waals surface area (Å²) in [6.07, 6.45) is 4.93. The van der Waals surface area contributed by atoms with Crippen LogP contribution >= 0.6 is 11.6 Å². The van der Waals surface area contributed by atoms with E-state index >= 15 is 0 Å². The molecule has 152 valence electrons. The van der Waals surface area contributed by atoms with Gasteiger partial charge in [-0.25, -0.2) is 4.39 Å². The zero-order chi connectivity index (χ0) is 21.1. The van der Waals surface area contributed by atoms with Crippen molar-refractivity contribution in [1.82, 2.24) is 19.6 Å². The number of carbonyl (C=O) groups is 1. The van der Waals surface area contributed by atoms with Gasteiger partial charge in [0.1, 0.15) is 5.82 Å². The first-order valence-corrected chi connectivity index (χ1v) is 9.68. The minimum atomic E-state index is -0.387. The Morgan fingerprint density at radius 3 is 2.66 bits per heavy atom. The molecular formula is C21H23ClFN5O. The van der Waals surface area contributed by atoms with Crippen molar-refractivity contribution in [2.75, 3.05) is 5.32 Å². The van der Waals surface area contributed by atoms with Gasteiger partial charge in [0.2, 0.25) is 5.91 Å². The highest BCUT2D eigenvalue weighted by molar-refractivity contribution is 6.31. The predicted octanol–water partition coefficient (Wildman–Crippen LogP) is 4.52. The zero-order valence-corrected chi connectivity index (χ0v) is 17.6. The Balaban J connectivity index is 1.77. The van der Waals surface area contributed by atoms with E-state index < -0.39 is 0 Å². The van der Waals surface area contributed by atoms with Crippen LogP contribution in [-0.4, -0.2) is 25.5 Å². The van der Waals surface area contributed by atoms with Crippen LogP contribution in [0.4, 0.5) is 10.1 Å². The van der Waals surface area contributed by atoms with Crippen LogP contribution in [-0.2, 0) is 17.9 Å². The van der Waals surface area contributed by atoms with Crippen molar-refractivity contribution in [2.24, 2.45) is 0 Å². The van der Waals surface area contributed by atoms with Crippen molar-refractivity contribution in [3.63, 3.8) is 0 Å². The highest BCUT2D eigenvalue weighted by Gasteiger charge is 2.16. The standard InChI is InChI=1S/C21H23ClFN5O/c1-5-27-14(3)16(11-24-27)9-10-20(29)25-21-13(2)26-28(15(21)4)12-17-18(22)7-6-8-19(17)23/h6-11H,5,12H2,1-4H3,(H,25,29)/b10-9+. The third-order valence-corrected chi connectivity index (χ3v) is 5.21. The molecule has 0 unspecified atom stereocenters. The van der Waals surface area contributed by atoms with E-state index in [-0.39, 0.29) is 18.3 Å². The van der Waals surface area contributed by atoms with E-state index in [2.05, 4.69) is 15.5 Å². The molecule has 3 rings (SSSR count). The molecule has 2 aromatic heterocycles. The molecule has 0 spiro atoms. The number of carbonyl (C=O) groups excluding carboxylic acids is 1. The molecule has 0 fully saturated rings. The lowest BCUT2D eigenvalue weighted by Crippen LogP contribution is -2.10. The van der Waals surface area contributed by atoms with Gasteiger partial charge in [0, 0.05) is 34.5 Å². The molecule has 0 saturated carbocycles. The quantitative estimate of drug-likeness (QED) is 0.602. The fourth-order valence-corrected chi connectivity index (χ4v) is 3.36. The van der Waals surface area contributed by atoms with Gasteiger partial charge in [0.05, 0.1) is 29.8 Å². The molecule has 1 N–H and O–H groups in total. The second kappa shape index (κ2) is 8.61. The molecule has 0 atom stereocenters. The molecule has 0 bridgehead atoms. The first-order chi connectivity index (χ1) is 13.8. The Labute approximate surface area is 174 Å². The van der Waals surface area contributed by atoms with Crippen LogP contribution in [0, 0.1) is 26.6 Å². The van der Waals surface area contributed by atoms with Gasteiger partial charge in [-0.05, 0) is 45.9 Å². The van der Waals surface area contributed by atoms with Crippen LogP contribution in [0.2, 0.25) is 5.02 Å². The SMILES string of the molecule is CCn1ncc(/C=C/C(=O)Nc2c(C)nn(Cc3c(F)cccc3Cl)c2C)c1C. The molecule has 0 aliphatic rings. The maximum Gasteiger partial charge on any atom is 0.248 e. The molecule has 0 saturated heterocycles. The van der Waals surface area contributed by atoms with E-state index in [1.54, 1.807) is 36.0 Å². The third kappa shape index (κ3) is 4.40. The van der Waals surface area contributed by atoms with Gasteiger partial charge in [-0.15, -0.1) is 0 Å². The number of aryl methyl sites for hydroxylation is 2. The summed E-state index contributed by atoms with van der Waals surface area (Å²) in [6.45, 7) is 8.54. The number of benzene rings is 1. The summed E-state index contributed by atoms with van der Waals surface area (Å²) in [5, 5.41) is 11.9. The number of halogens is 2. The third-order valence-electron chi connectivity index (χ3n) is 4.85. The molecule has 6 nitrogen and oxygen atoms in total. The topological polar surface area (TPSA) is 64.7 Å². The summed E-state index contributed by atoms with van der Waals surface area (Å²) in [5.41, 5.74) is 4.22. The molecule has 0 aliphatic heterocycles. The number of nitrogens with one attached hydrogen (secondary N) is 1. The van der Waals surface area contributed by atoms with Crippen molar-refractivity contribution in [1.29, 1.82) is 0 Å². The van der Waals surface area contributed by atoms with Crippen LogP contribution in [0.15, 0.2) is 30.5 Å². The summed E-state index contributed by atoms with van der Waals surface area (Å²) >= 11 is 6.12. The number of hydrogen-bond acceptors (Lipinski definition) is 3. The highest BCUT2D eigenvalue weighted by atomic mass is 35.5. The normalized spacial score (nSPS) is 11.4. The average molecular weight is 416 g/mol. The largest absolute Gasteiger partial charge is 0.319 e. The second-order valence-corrected chi connectivity index (χ2v) is 7.13. The molecule has 1 aromatic carbocycles. The van der Waals surface area contributed by atoms with E-state index in [0.29, 0.717) is 22.0 Å². The summed E-state index contributed by atoms with van der Waals surface area (Å²) in [6, 6.07) is 4.57.